The van der Waals surface area contributed by atoms with E-state index < -0.39 is 29.0 Å². The molecule has 0 radical (unpaired) electrons. The van der Waals surface area contributed by atoms with E-state index in [9.17, 15) is 20.2 Å². The Hall–Kier alpha value is -2.53. The number of benzene rings is 1. The molecule has 2 N–H and O–H groups in total. The number of nitriles is 3. The third-order valence-electron chi connectivity index (χ3n) is 4.96. The van der Waals surface area contributed by atoms with Crippen LogP contribution in [0.25, 0.3) is 0 Å². The van der Waals surface area contributed by atoms with Crippen LogP contribution in [0.5, 0.6) is 0 Å². The SMILES string of the molecule is N#CC1C(=N)C(C#N)(C#N)C2=CCNC[C@@H]2[C@H]1c1cc(Br)ccc1F. The van der Waals surface area contributed by atoms with Gasteiger partial charge in [0.05, 0.1) is 29.8 Å². The van der Waals surface area contributed by atoms with Crippen LogP contribution in [-0.2, 0) is 0 Å². The van der Waals surface area contributed by atoms with Gasteiger partial charge in [0.1, 0.15) is 5.82 Å². The normalized spacial score (nSPS) is 27.2. The van der Waals surface area contributed by atoms with Crippen molar-refractivity contribution in [2.45, 2.75) is 5.92 Å². The fourth-order valence-corrected chi connectivity index (χ4v) is 4.20. The van der Waals surface area contributed by atoms with Crippen molar-refractivity contribution >= 4 is 21.6 Å². The van der Waals surface area contributed by atoms with E-state index in [1.54, 1.807) is 18.2 Å². The second-order valence-corrected chi connectivity index (χ2v) is 7.03. The van der Waals surface area contributed by atoms with Gasteiger partial charge in [-0.15, -0.1) is 0 Å². The fourth-order valence-electron chi connectivity index (χ4n) is 3.82. The molecule has 1 aromatic carbocycles. The number of nitrogens with one attached hydrogen (secondary N) is 2. The van der Waals surface area contributed by atoms with Crippen LogP contribution in [-0.4, -0.2) is 18.8 Å². The van der Waals surface area contributed by atoms with Crippen LogP contribution in [0, 0.1) is 62.5 Å². The highest BCUT2D eigenvalue weighted by atomic mass is 79.9. The van der Waals surface area contributed by atoms with Crippen molar-refractivity contribution in [2.24, 2.45) is 17.3 Å². The van der Waals surface area contributed by atoms with Crippen LogP contribution in [0.4, 0.5) is 4.39 Å². The molecule has 0 spiro atoms. The zero-order valence-corrected chi connectivity index (χ0v) is 14.6. The van der Waals surface area contributed by atoms with Crippen LogP contribution in [0.2, 0.25) is 0 Å². The van der Waals surface area contributed by atoms with Gasteiger partial charge >= 0.3 is 0 Å². The summed E-state index contributed by atoms with van der Waals surface area (Å²) in [5.74, 6) is -2.56. The van der Waals surface area contributed by atoms with Crippen LogP contribution < -0.4 is 5.32 Å². The van der Waals surface area contributed by atoms with Gasteiger partial charge in [-0.1, -0.05) is 22.0 Å². The quantitative estimate of drug-likeness (QED) is 0.709. The number of rotatable bonds is 1. The number of hydrogen-bond acceptors (Lipinski definition) is 5. The first-order chi connectivity index (χ1) is 12.0. The molecular weight excluding hydrogens is 385 g/mol. The number of nitrogens with zero attached hydrogens (tertiary/aromatic N) is 3. The molecule has 1 aliphatic carbocycles. The van der Waals surface area contributed by atoms with E-state index in [1.807, 2.05) is 18.2 Å². The fraction of sp³-hybridized carbons (Fsp3) is 0.333. The van der Waals surface area contributed by atoms with Gasteiger partial charge in [0.2, 0.25) is 5.41 Å². The third kappa shape index (κ3) is 2.46. The molecule has 3 atom stereocenters. The third-order valence-corrected chi connectivity index (χ3v) is 5.46. The highest BCUT2D eigenvalue weighted by molar-refractivity contribution is 9.10. The summed E-state index contributed by atoms with van der Waals surface area (Å²) >= 11 is 3.32. The largest absolute Gasteiger partial charge is 0.313 e. The molecule has 124 valence electrons. The average molecular weight is 398 g/mol. The van der Waals surface area contributed by atoms with Crippen molar-refractivity contribution in [1.82, 2.24) is 5.32 Å². The van der Waals surface area contributed by atoms with Gasteiger partial charge in [0.15, 0.2) is 0 Å². The second-order valence-electron chi connectivity index (χ2n) is 6.11. The molecule has 0 bridgehead atoms. The lowest BCUT2D eigenvalue weighted by molar-refractivity contribution is 0.348. The Kier molecular flexibility index (Phi) is 4.43. The van der Waals surface area contributed by atoms with Crippen molar-refractivity contribution in [3.05, 3.63) is 45.7 Å². The summed E-state index contributed by atoms with van der Waals surface area (Å²) in [4.78, 5) is 0. The molecule has 5 nitrogen and oxygen atoms in total. The van der Waals surface area contributed by atoms with E-state index in [4.69, 9.17) is 5.41 Å². The maximum Gasteiger partial charge on any atom is 0.203 e. The lowest BCUT2D eigenvalue weighted by atomic mass is 9.55. The first-order valence-corrected chi connectivity index (χ1v) is 8.46. The van der Waals surface area contributed by atoms with E-state index >= 15 is 0 Å². The summed E-state index contributed by atoms with van der Waals surface area (Å²) in [6, 6.07) is 10.4. The van der Waals surface area contributed by atoms with Gasteiger partial charge < -0.3 is 10.7 Å². The van der Waals surface area contributed by atoms with Crippen molar-refractivity contribution < 1.29 is 4.39 Å². The Labute approximate surface area is 153 Å². The minimum absolute atomic E-state index is 0.270. The van der Waals surface area contributed by atoms with Crippen molar-refractivity contribution in [2.75, 3.05) is 13.1 Å². The molecule has 2 aliphatic rings. The number of hydrogen-bond donors (Lipinski definition) is 2. The maximum absolute atomic E-state index is 14.5. The highest BCUT2D eigenvalue weighted by Crippen LogP contribution is 2.52. The summed E-state index contributed by atoms with van der Waals surface area (Å²) < 4.78 is 15.2. The zero-order valence-electron chi connectivity index (χ0n) is 13.1. The molecule has 1 unspecified atom stereocenters. The van der Waals surface area contributed by atoms with Crippen LogP contribution in [0.3, 0.4) is 0 Å². The van der Waals surface area contributed by atoms with Gasteiger partial charge in [-0.3, -0.25) is 0 Å². The zero-order chi connectivity index (χ0) is 18.2. The van der Waals surface area contributed by atoms with Crippen LogP contribution >= 0.6 is 15.9 Å². The summed E-state index contributed by atoms with van der Waals surface area (Å²) in [6.07, 6.45) is 1.73. The Bertz CT molecular complexity index is 888. The smallest absolute Gasteiger partial charge is 0.203 e. The van der Waals surface area contributed by atoms with Gasteiger partial charge in [-0.2, -0.15) is 15.8 Å². The topological polar surface area (TPSA) is 107 Å². The predicted molar refractivity (Wildman–Crippen MR) is 91.8 cm³/mol. The Morgan fingerprint density at radius 1 is 1.28 bits per heavy atom. The molecule has 7 heteroatoms. The summed E-state index contributed by atoms with van der Waals surface area (Å²) in [6.45, 7) is 0.883. The molecule has 0 saturated heterocycles. The van der Waals surface area contributed by atoms with Crippen molar-refractivity contribution in [3.63, 3.8) is 0 Å². The average Bonchev–Trinajstić information content (AvgIpc) is 2.63. The Morgan fingerprint density at radius 2 is 2.00 bits per heavy atom. The summed E-state index contributed by atoms with van der Waals surface area (Å²) in [5.41, 5.74) is -1.22. The van der Waals surface area contributed by atoms with E-state index in [1.165, 1.54) is 6.07 Å². The van der Waals surface area contributed by atoms with Gasteiger partial charge in [-0.25, -0.2) is 4.39 Å². The van der Waals surface area contributed by atoms with E-state index in [-0.39, 0.29) is 5.71 Å². The summed E-state index contributed by atoms with van der Waals surface area (Å²) in [7, 11) is 0. The molecule has 25 heavy (non-hydrogen) atoms. The van der Waals surface area contributed by atoms with E-state index in [0.717, 1.165) is 0 Å². The molecule has 1 aliphatic heterocycles. The monoisotopic (exact) mass is 397 g/mol. The minimum Gasteiger partial charge on any atom is -0.313 e. The molecule has 1 saturated carbocycles. The Balaban J connectivity index is 2.26. The molecule has 0 amide bonds. The maximum atomic E-state index is 14.5. The molecule has 1 heterocycles. The lowest BCUT2D eigenvalue weighted by Crippen LogP contribution is -2.51. The molecule has 1 fully saturated rings. The number of halogens is 2. The molecular formula is C18H13BrFN5. The first kappa shape index (κ1) is 17.3. The molecule has 3 rings (SSSR count). The Morgan fingerprint density at radius 3 is 2.64 bits per heavy atom. The van der Waals surface area contributed by atoms with Gasteiger partial charge in [0, 0.05) is 29.4 Å². The predicted octanol–water partition coefficient (Wildman–Crippen LogP) is 3.02. The van der Waals surface area contributed by atoms with E-state index in [0.29, 0.717) is 28.7 Å². The molecule has 0 aromatic heterocycles. The molecule has 1 aromatic rings. The standard InChI is InChI=1S/C18H13BrFN5/c19-10-1-2-15(20)11(5-10)16-12(6-21)17(24)18(8-22,9-23)14-3-4-25-7-13(14)16/h1-3,5,12-13,16,24-25H,4,7H2/t12?,13-,16-/m0/s1. The van der Waals surface area contributed by atoms with Crippen LogP contribution in [0.1, 0.15) is 11.5 Å². The van der Waals surface area contributed by atoms with E-state index in [2.05, 4.69) is 21.2 Å². The minimum atomic E-state index is -1.76. The van der Waals surface area contributed by atoms with Crippen molar-refractivity contribution in [3.8, 4) is 18.2 Å². The van der Waals surface area contributed by atoms with Gasteiger partial charge in [-0.05, 0) is 29.3 Å². The number of fused-ring (bicyclic) bond motifs is 1. The second kappa shape index (κ2) is 6.41. The lowest BCUT2D eigenvalue weighted by Gasteiger charge is -2.45. The van der Waals surface area contributed by atoms with Crippen LogP contribution in [0.15, 0.2) is 34.3 Å². The van der Waals surface area contributed by atoms with Gasteiger partial charge in [0.25, 0.3) is 0 Å². The van der Waals surface area contributed by atoms with Crippen molar-refractivity contribution in [1.29, 1.82) is 21.2 Å². The summed E-state index contributed by atoms with van der Waals surface area (Å²) in [5, 5.41) is 40.6. The highest BCUT2D eigenvalue weighted by Gasteiger charge is 2.56. The first-order valence-electron chi connectivity index (χ1n) is 7.67.